The van der Waals surface area contributed by atoms with E-state index in [-0.39, 0.29) is 0 Å². The Hall–Kier alpha value is -3.24. The monoisotopic (exact) mass is 396 g/mol. The number of aromatic nitrogens is 3. The number of hydrogen-bond acceptors (Lipinski definition) is 3. The molecule has 0 fully saturated rings. The first kappa shape index (κ1) is 20.0. The lowest BCUT2D eigenvalue weighted by Crippen LogP contribution is -2.21. The van der Waals surface area contributed by atoms with Crippen LogP contribution in [0, 0.1) is 0 Å². The van der Waals surface area contributed by atoms with E-state index >= 15 is 0 Å². The van der Waals surface area contributed by atoms with E-state index in [2.05, 4.69) is 79.0 Å². The van der Waals surface area contributed by atoms with E-state index in [1.165, 1.54) is 11.1 Å². The van der Waals surface area contributed by atoms with Crippen molar-refractivity contribution in [1.29, 1.82) is 0 Å². The third-order valence-corrected chi connectivity index (χ3v) is 5.23. The number of nitrogens with zero attached hydrogens (tertiary/aromatic N) is 3. The summed E-state index contributed by atoms with van der Waals surface area (Å²) in [5.74, 6) is 0. The lowest BCUT2D eigenvalue weighted by molar-refractivity contribution is 0.485. The molecule has 3 aromatic carbocycles. The lowest BCUT2D eigenvalue weighted by Gasteiger charge is -2.18. The summed E-state index contributed by atoms with van der Waals surface area (Å²) in [5, 5.41) is 13.4. The van der Waals surface area contributed by atoms with Gasteiger partial charge in [0.2, 0.25) is 0 Å². The highest BCUT2D eigenvalue weighted by Gasteiger charge is 2.16. The zero-order valence-corrected chi connectivity index (χ0v) is 17.4. The Morgan fingerprint density at radius 1 is 0.800 bits per heavy atom. The normalized spacial score (nSPS) is 12.0. The van der Waals surface area contributed by atoms with Crippen molar-refractivity contribution in [3.05, 3.63) is 108 Å². The summed E-state index contributed by atoms with van der Waals surface area (Å²) in [4.78, 5) is 1.81. The van der Waals surface area contributed by atoms with Gasteiger partial charge in [0.15, 0.2) is 0 Å². The zero-order chi connectivity index (χ0) is 20.6. The Bertz CT molecular complexity index is 1030. The molecule has 4 nitrogen and oxygen atoms in total. The molecule has 1 heterocycles. The molecule has 152 valence electrons. The molecule has 4 rings (SSSR count). The quantitative estimate of drug-likeness (QED) is 0.399. The highest BCUT2D eigenvalue weighted by atomic mass is 15.5. The van der Waals surface area contributed by atoms with Crippen LogP contribution in [0.5, 0.6) is 0 Å². The SMILES string of the molecule is CCC[C@@H](NCc1nn(Cc2ccccc2)nc1-c1ccccc1)c1ccccc1. The Morgan fingerprint density at radius 2 is 1.43 bits per heavy atom. The van der Waals surface area contributed by atoms with Gasteiger partial charge in [0.25, 0.3) is 0 Å². The maximum absolute atomic E-state index is 4.85. The number of hydrogen-bond donors (Lipinski definition) is 1. The molecule has 1 N–H and O–H groups in total. The largest absolute Gasteiger partial charge is 0.304 e. The van der Waals surface area contributed by atoms with Gasteiger partial charge >= 0.3 is 0 Å². The van der Waals surface area contributed by atoms with E-state index in [1.54, 1.807) is 0 Å². The van der Waals surface area contributed by atoms with Crippen LogP contribution in [0.2, 0.25) is 0 Å². The van der Waals surface area contributed by atoms with E-state index in [0.717, 1.165) is 29.8 Å². The van der Waals surface area contributed by atoms with Gasteiger partial charge in [0.05, 0.1) is 6.54 Å². The van der Waals surface area contributed by atoms with Crippen LogP contribution in [0.3, 0.4) is 0 Å². The summed E-state index contributed by atoms with van der Waals surface area (Å²) in [6, 6.07) is 31.6. The van der Waals surface area contributed by atoms with Crippen molar-refractivity contribution in [3.8, 4) is 11.3 Å². The van der Waals surface area contributed by atoms with Gasteiger partial charge < -0.3 is 5.32 Å². The predicted molar refractivity (Wildman–Crippen MR) is 122 cm³/mol. The smallest absolute Gasteiger partial charge is 0.117 e. The van der Waals surface area contributed by atoms with Crippen molar-refractivity contribution in [2.45, 2.75) is 38.9 Å². The predicted octanol–water partition coefficient (Wildman–Crippen LogP) is 5.62. The number of nitrogens with one attached hydrogen (secondary N) is 1. The van der Waals surface area contributed by atoms with Crippen molar-refractivity contribution >= 4 is 0 Å². The van der Waals surface area contributed by atoms with Gasteiger partial charge in [-0.25, -0.2) is 0 Å². The Labute approximate surface area is 178 Å². The van der Waals surface area contributed by atoms with Gasteiger partial charge in [-0.15, -0.1) is 0 Å². The second kappa shape index (κ2) is 9.99. The van der Waals surface area contributed by atoms with Gasteiger partial charge in [-0.05, 0) is 17.5 Å². The molecular weight excluding hydrogens is 368 g/mol. The topological polar surface area (TPSA) is 42.7 Å². The van der Waals surface area contributed by atoms with Crippen molar-refractivity contribution in [2.75, 3.05) is 0 Å². The molecule has 0 unspecified atom stereocenters. The first-order valence-corrected chi connectivity index (χ1v) is 10.6. The van der Waals surface area contributed by atoms with Crippen LogP contribution < -0.4 is 5.32 Å². The molecule has 0 bridgehead atoms. The van der Waals surface area contributed by atoms with Crippen LogP contribution >= 0.6 is 0 Å². The molecule has 4 aromatic rings. The average molecular weight is 397 g/mol. The van der Waals surface area contributed by atoms with Crippen LogP contribution in [-0.2, 0) is 13.1 Å². The van der Waals surface area contributed by atoms with E-state index in [1.807, 2.05) is 29.1 Å². The molecule has 0 aliphatic heterocycles. The van der Waals surface area contributed by atoms with Gasteiger partial charge in [-0.2, -0.15) is 15.0 Å². The van der Waals surface area contributed by atoms with Gasteiger partial charge in [0, 0.05) is 18.2 Å². The zero-order valence-electron chi connectivity index (χ0n) is 17.4. The molecule has 1 atom stereocenters. The highest BCUT2D eigenvalue weighted by Crippen LogP contribution is 2.23. The minimum atomic E-state index is 0.305. The standard InChI is InChI=1S/C26H28N4/c1-2-12-24(22-15-8-4-9-16-22)27-19-25-26(23-17-10-5-11-18-23)29-30(28-25)20-21-13-6-3-7-14-21/h3-11,13-18,24,27H,2,12,19-20H2,1H3/t24-/m1/s1. The third kappa shape index (κ3) is 5.02. The fourth-order valence-electron chi connectivity index (χ4n) is 3.72. The molecule has 0 spiro atoms. The van der Waals surface area contributed by atoms with Crippen LogP contribution in [0.1, 0.15) is 42.6 Å². The van der Waals surface area contributed by atoms with Crippen LogP contribution in [0.25, 0.3) is 11.3 Å². The maximum Gasteiger partial charge on any atom is 0.117 e. The average Bonchev–Trinajstić information content (AvgIpc) is 3.21. The fourth-order valence-corrected chi connectivity index (χ4v) is 3.72. The molecule has 0 aliphatic carbocycles. The van der Waals surface area contributed by atoms with Crippen molar-refractivity contribution in [2.24, 2.45) is 0 Å². The van der Waals surface area contributed by atoms with E-state index in [0.29, 0.717) is 19.1 Å². The molecule has 1 aromatic heterocycles. The van der Waals surface area contributed by atoms with Gasteiger partial charge in [0.1, 0.15) is 11.4 Å². The maximum atomic E-state index is 4.85. The molecule has 4 heteroatoms. The molecule has 0 saturated heterocycles. The first-order valence-electron chi connectivity index (χ1n) is 10.6. The van der Waals surface area contributed by atoms with Gasteiger partial charge in [-0.3, -0.25) is 0 Å². The molecular formula is C26H28N4. The summed E-state index contributed by atoms with van der Waals surface area (Å²) in [7, 11) is 0. The summed E-state index contributed by atoms with van der Waals surface area (Å²) < 4.78 is 0. The molecule has 0 aliphatic rings. The third-order valence-electron chi connectivity index (χ3n) is 5.23. The Kier molecular flexibility index (Phi) is 6.68. The van der Waals surface area contributed by atoms with E-state index < -0.39 is 0 Å². The summed E-state index contributed by atoms with van der Waals surface area (Å²) in [6.07, 6.45) is 2.21. The number of benzene rings is 3. The van der Waals surface area contributed by atoms with Crippen LogP contribution in [0.15, 0.2) is 91.0 Å². The number of rotatable bonds is 9. The first-order chi connectivity index (χ1) is 14.8. The van der Waals surface area contributed by atoms with Gasteiger partial charge in [-0.1, -0.05) is 104 Å². The summed E-state index contributed by atoms with van der Waals surface area (Å²) in [6.45, 7) is 3.57. The highest BCUT2D eigenvalue weighted by molar-refractivity contribution is 5.60. The molecule has 0 amide bonds. The van der Waals surface area contributed by atoms with Crippen molar-refractivity contribution in [3.63, 3.8) is 0 Å². The summed E-state index contributed by atoms with van der Waals surface area (Å²) in [5.41, 5.74) is 5.54. The van der Waals surface area contributed by atoms with Crippen molar-refractivity contribution < 1.29 is 0 Å². The molecule has 30 heavy (non-hydrogen) atoms. The van der Waals surface area contributed by atoms with Crippen LogP contribution in [-0.4, -0.2) is 15.0 Å². The van der Waals surface area contributed by atoms with Crippen LogP contribution in [0.4, 0.5) is 0 Å². The fraction of sp³-hybridized carbons (Fsp3) is 0.231. The molecule has 0 saturated carbocycles. The second-order valence-corrected chi connectivity index (χ2v) is 7.51. The minimum Gasteiger partial charge on any atom is -0.304 e. The Balaban J connectivity index is 1.59. The van der Waals surface area contributed by atoms with Crippen molar-refractivity contribution in [1.82, 2.24) is 20.3 Å². The molecule has 0 radical (unpaired) electrons. The minimum absolute atomic E-state index is 0.305. The van der Waals surface area contributed by atoms with E-state index in [9.17, 15) is 0 Å². The Morgan fingerprint density at radius 3 is 2.10 bits per heavy atom. The second-order valence-electron chi connectivity index (χ2n) is 7.51. The lowest BCUT2D eigenvalue weighted by atomic mass is 10.0. The summed E-state index contributed by atoms with van der Waals surface area (Å²) >= 11 is 0. The van der Waals surface area contributed by atoms with E-state index in [4.69, 9.17) is 10.2 Å².